The molecule has 0 spiro atoms. The number of rotatable bonds is 8. The van der Waals surface area contributed by atoms with Crippen molar-refractivity contribution in [1.29, 1.82) is 0 Å². The van der Waals surface area contributed by atoms with Gasteiger partial charge in [0.25, 0.3) is 0 Å². The van der Waals surface area contributed by atoms with Gasteiger partial charge in [-0.15, -0.1) is 0 Å². The molecule has 0 aromatic heterocycles. The van der Waals surface area contributed by atoms with Crippen molar-refractivity contribution in [2.45, 2.75) is 65.3 Å². The SMILES string of the molecule is CCN(CC1CCC1)C(C)(CN)CCC(C)C. The van der Waals surface area contributed by atoms with Gasteiger partial charge in [-0.2, -0.15) is 0 Å². The van der Waals surface area contributed by atoms with Crippen LogP contribution in [0.4, 0.5) is 0 Å². The fourth-order valence-corrected chi connectivity index (χ4v) is 2.71. The normalized spacial score (nSPS) is 20.6. The second-order valence-corrected chi connectivity index (χ2v) is 6.47. The van der Waals surface area contributed by atoms with Crippen LogP contribution in [0.1, 0.15) is 59.8 Å². The molecule has 1 aliphatic rings. The Balaban J connectivity index is 2.52. The van der Waals surface area contributed by atoms with E-state index in [0.717, 1.165) is 24.9 Å². The molecule has 0 aliphatic heterocycles. The van der Waals surface area contributed by atoms with E-state index in [9.17, 15) is 0 Å². The highest BCUT2D eigenvalue weighted by Gasteiger charge is 2.32. The van der Waals surface area contributed by atoms with Gasteiger partial charge in [0.1, 0.15) is 0 Å². The lowest BCUT2D eigenvalue weighted by atomic mass is 9.82. The molecule has 17 heavy (non-hydrogen) atoms. The average Bonchev–Trinajstić information content (AvgIpc) is 2.24. The summed E-state index contributed by atoms with van der Waals surface area (Å²) in [6.45, 7) is 12.4. The zero-order chi connectivity index (χ0) is 12.9. The number of nitrogens with two attached hydrogens (primary N) is 1. The van der Waals surface area contributed by atoms with E-state index in [-0.39, 0.29) is 5.54 Å². The van der Waals surface area contributed by atoms with Crippen molar-refractivity contribution in [3.05, 3.63) is 0 Å². The van der Waals surface area contributed by atoms with Gasteiger partial charge in [0.2, 0.25) is 0 Å². The van der Waals surface area contributed by atoms with Gasteiger partial charge < -0.3 is 5.73 Å². The molecule has 2 nitrogen and oxygen atoms in total. The Bertz CT molecular complexity index is 211. The summed E-state index contributed by atoms with van der Waals surface area (Å²) in [5.74, 6) is 1.73. The first-order valence-electron chi connectivity index (χ1n) is 7.47. The molecule has 1 rings (SSSR count). The van der Waals surface area contributed by atoms with E-state index in [2.05, 4.69) is 32.6 Å². The van der Waals surface area contributed by atoms with Gasteiger partial charge in [-0.3, -0.25) is 4.90 Å². The molecule has 1 atom stereocenters. The number of nitrogens with zero attached hydrogens (tertiary/aromatic N) is 1. The summed E-state index contributed by atoms with van der Waals surface area (Å²) in [7, 11) is 0. The number of hydrogen-bond acceptors (Lipinski definition) is 2. The Labute approximate surface area is 108 Å². The fourth-order valence-electron chi connectivity index (χ4n) is 2.71. The van der Waals surface area contributed by atoms with E-state index >= 15 is 0 Å². The minimum atomic E-state index is 0.217. The number of likely N-dealkylation sites (N-methyl/N-ethyl adjacent to an activating group) is 1. The third-order valence-corrected chi connectivity index (χ3v) is 4.55. The van der Waals surface area contributed by atoms with Gasteiger partial charge in [0.15, 0.2) is 0 Å². The maximum atomic E-state index is 6.06. The van der Waals surface area contributed by atoms with Crippen molar-refractivity contribution in [3.8, 4) is 0 Å². The fraction of sp³-hybridized carbons (Fsp3) is 1.00. The van der Waals surface area contributed by atoms with Gasteiger partial charge in [-0.25, -0.2) is 0 Å². The highest BCUT2D eigenvalue weighted by molar-refractivity contribution is 4.89. The average molecular weight is 240 g/mol. The molecule has 1 aliphatic carbocycles. The summed E-state index contributed by atoms with van der Waals surface area (Å²) in [4.78, 5) is 2.64. The molecule has 0 aromatic carbocycles. The third kappa shape index (κ3) is 4.26. The predicted molar refractivity (Wildman–Crippen MR) is 76.1 cm³/mol. The smallest absolute Gasteiger partial charge is 0.0303 e. The van der Waals surface area contributed by atoms with Crippen molar-refractivity contribution in [2.75, 3.05) is 19.6 Å². The molecular weight excluding hydrogens is 208 g/mol. The predicted octanol–water partition coefficient (Wildman–Crippen LogP) is 3.26. The molecule has 0 bridgehead atoms. The lowest BCUT2D eigenvalue weighted by Gasteiger charge is -2.44. The Morgan fingerprint density at radius 1 is 1.35 bits per heavy atom. The lowest BCUT2D eigenvalue weighted by molar-refractivity contribution is 0.0654. The molecule has 0 amide bonds. The first-order chi connectivity index (χ1) is 8.01. The topological polar surface area (TPSA) is 29.3 Å². The van der Waals surface area contributed by atoms with Crippen LogP contribution in [0.25, 0.3) is 0 Å². The van der Waals surface area contributed by atoms with E-state index in [4.69, 9.17) is 5.73 Å². The minimum Gasteiger partial charge on any atom is -0.329 e. The quantitative estimate of drug-likeness (QED) is 0.705. The van der Waals surface area contributed by atoms with E-state index < -0.39 is 0 Å². The van der Waals surface area contributed by atoms with E-state index in [1.54, 1.807) is 0 Å². The first-order valence-corrected chi connectivity index (χ1v) is 7.47. The molecule has 2 heteroatoms. The summed E-state index contributed by atoms with van der Waals surface area (Å²) in [5, 5.41) is 0. The molecule has 102 valence electrons. The van der Waals surface area contributed by atoms with Gasteiger partial charge in [-0.05, 0) is 51.0 Å². The zero-order valence-electron chi connectivity index (χ0n) is 12.3. The van der Waals surface area contributed by atoms with Crippen LogP contribution in [-0.4, -0.2) is 30.1 Å². The first kappa shape index (κ1) is 15.0. The maximum Gasteiger partial charge on any atom is 0.0303 e. The highest BCUT2D eigenvalue weighted by atomic mass is 15.2. The summed E-state index contributed by atoms with van der Waals surface area (Å²) in [5.41, 5.74) is 6.28. The van der Waals surface area contributed by atoms with Crippen LogP contribution in [0.3, 0.4) is 0 Å². The second kappa shape index (κ2) is 6.75. The van der Waals surface area contributed by atoms with E-state index in [1.807, 2.05) is 0 Å². The van der Waals surface area contributed by atoms with Gasteiger partial charge in [-0.1, -0.05) is 27.2 Å². The molecule has 1 fully saturated rings. The van der Waals surface area contributed by atoms with Crippen LogP contribution in [0.5, 0.6) is 0 Å². The Morgan fingerprint density at radius 3 is 2.35 bits per heavy atom. The molecule has 0 saturated heterocycles. The molecule has 2 N–H and O–H groups in total. The minimum absolute atomic E-state index is 0.217. The van der Waals surface area contributed by atoms with Crippen molar-refractivity contribution in [1.82, 2.24) is 4.90 Å². The largest absolute Gasteiger partial charge is 0.329 e. The van der Waals surface area contributed by atoms with E-state index in [0.29, 0.717) is 0 Å². The Hall–Kier alpha value is -0.0800. The zero-order valence-corrected chi connectivity index (χ0v) is 12.3. The standard InChI is InChI=1S/C15H32N2/c1-5-17(11-14-7-6-8-14)15(4,12-16)10-9-13(2)3/h13-14H,5-12,16H2,1-4H3. The van der Waals surface area contributed by atoms with Crippen LogP contribution in [0, 0.1) is 11.8 Å². The molecule has 0 aromatic rings. The summed E-state index contributed by atoms with van der Waals surface area (Å²) in [6, 6.07) is 0. The van der Waals surface area contributed by atoms with E-state index in [1.165, 1.54) is 38.6 Å². The van der Waals surface area contributed by atoms with Gasteiger partial charge in [0, 0.05) is 18.6 Å². The van der Waals surface area contributed by atoms with Crippen LogP contribution < -0.4 is 5.73 Å². The molecule has 1 unspecified atom stereocenters. The molecule has 0 heterocycles. The molecule has 0 radical (unpaired) electrons. The van der Waals surface area contributed by atoms with Crippen molar-refractivity contribution in [3.63, 3.8) is 0 Å². The Kier molecular flexibility index (Phi) is 5.94. The highest BCUT2D eigenvalue weighted by Crippen LogP contribution is 2.31. The summed E-state index contributed by atoms with van der Waals surface area (Å²) < 4.78 is 0. The number of hydrogen-bond donors (Lipinski definition) is 1. The second-order valence-electron chi connectivity index (χ2n) is 6.47. The summed E-state index contributed by atoms with van der Waals surface area (Å²) in [6.07, 6.45) is 6.83. The van der Waals surface area contributed by atoms with Crippen molar-refractivity contribution >= 4 is 0 Å². The van der Waals surface area contributed by atoms with Crippen LogP contribution in [0.2, 0.25) is 0 Å². The van der Waals surface area contributed by atoms with Crippen LogP contribution in [0.15, 0.2) is 0 Å². The van der Waals surface area contributed by atoms with Crippen molar-refractivity contribution in [2.24, 2.45) is 17.6 Å². The third-order valence-electron chi connectivity index (χ3n) is 4.55. The maximum absolute atomic E-state index is 6.06. The molecule has 1 saturated carbocycles. The van der Waals surface area contributed by atoms with Crippen LogP contribution in [-0.2, 0) is 0 Å². The monoisotopic (exact) mass is 240 g/mol. The lowest BCUT2D eigenvalue weighted by Crippen LogP contribution is -2.53. The van der Waals surface area contributed by atoms with Crippen molar-refractivity contribution < 1.29 is 0 Å². The summed E-state index contributed by atoms with van der Waals surface area (Å²) >= 11 is 0. The Morgan fingerprint density at radius 2 is 2.00 bits per heavy atom. The van der Waals surface area contributed by atoms with Gasteiger partial charge in [0.05, 0.1) is 0 Å². The van der Waals surface area contributed by atoms with Crippen LogP contribution >= 0.6 is 0 Å². The van der Waals surface area contributed by atoms with Gasteiger partial charge >= 0.3 is 0 Å². The molecular formula is C15H32N2.